The van der Waals surface area contributed by atoms with Crippen LogP contribution < -0.4 is 4.74 Å². The molecule has 1 aliphatic rings. The number of nitrogens with zero attached hydrogens (tertiary/aromatic N) is 2. The largest absolute Gasteiger partial charge is 0.495 e. The molecule has 0 amide bonds. The third-order valence-electron chi connectivity index (χ3n) is 4.66. The van der Waals surface area contributed by atoms with E-state index in [9.17, 15) is 5.11 Å². The Hall–Kier alpha value is -1.07. The lowest BCUT2D eigenvalue weighted by Gasteiger charge is -2.26. The van der Waals surface area contributed by atoms with Crippen molar-refractivity contribution < 1.29 is 9.84 Å². The first-order chi connectivity index (χ1) is 10.1. The summed E-state index contributed by atoms with van der Waals surface area (Å²) in [6, 6.07) is 4.06. The summed E-state index contributed by atoms with van der Waals surface area (Å²) >= 11 is 3.54. The number of ether oxygens (including phenoxy) is 1. The zero-order valence-electron chi connectivity index (χ0n) is 12.5. The highest BCUT2D eigenvalue weighted by molar-refractivity contribution is 9.10. The molecular weight excluding hydrogens is 332 g/mol. The quantitative estimate of drug-likeness (QED) is 0.917. The molecule has 0 unspecified atom stereocenters. The van der Waals surface area contributed by atoms with E-state index in [4.69, 9.17) is 9.72 Å². The van der Waals surface area contributed by atoms with E-state index in [1.807, 2.05) is 6.07 Å². The molecule has 0 bridgehead atoms. The molecular formula is C16H21BrN2O2. The van der Waals surface area contributed by atoms with Crippen molar-refractivity contribution in [2.24, 2.45) is 13.0 Å². The number of methoxy groups -OCH3 is 1. The Morgan fingerprint density at radius 2 is 2.05 bits per heavy atom. The van der Waals surface area contributed by atoms with Crippen LogP contribution in [-0.2, 0) is 7.05 Å². The van der Waals surface area contributed by atoms with Crippen LogP contribution in [0.4, 0.5) is 0 Å². The van der Waals surface area contributed by atoms with Crippen LogP contribution in [-0.4, -0.2) is 28.4 Å². The molecule has 1 N–H and O–H groups in total. The number of halogens is 1. The fourth-order valence-electron chi connectivity index (χ4n) is 3.34. The normalized spacial score (nSPS) is 22.7. The molecule has 1 fully saturated rings. The lowest BCUT2D eigenvalue weighted by molar-refractivity contribution is 0.180. The Bertz CT molecular complexity index is 645. The SMILES string of the molecule is COc1cc2nc([C@H]3CC[C@H](CO)CC3)n(C)c2cc1Br. The zero-order chi connectivity index (χ0) is 15.0. The van der Waals surface area contributed by atoms with Gasteiger partial charge in [0.25, 0.3) is 0 Å². The second kappa shape index (κ2) is 5.97. The number of aliphatic hydroxyl groups is 1. The Morgan fingerprint density at radius 1 is 1.33 bits per heavy atom. The highest BCUT2D eigenvalue weighted by atomic mass is 79.9. The number of aryl methyl sites for hydroxylation is 1. The van der Waals surface area contributed by atoms with Gasteiger partial charge in [0.1, 0.15) is 11.6 Å². The van der Waals surface area contributed by atoms with Crippen molar-refractivity contribution in [2.45, 2.75) is 31.6 Å². The summed E-state index contributed by atoms with van der Waals surface area (Å²) in [6.45, 7) is 0.319. The number of imidazole rings is 1. The van der Waals surface area contributed by atoms with Gasteiger partial charge in [-0.15, -0.1) is 0 Å². The Morgan fingerprint density at radius 3 is 2.67 bits per heavy atom. The summed E-state index contributed by atoms with van der Waals surface area (Å²) in [6.07, 6.45) is 4.41. The molecule has 0 spiro atoms. The first-order valence-corrected chi connectivity index (χ1v) is 8.24. The van der Waals surface area contributed by atoms with Gasteiger partial charge >= 0.3 is 0 Å². The minimum Gasteiger partial charge on any atom is -0.495 e. The molecule has 4 nitrogen and oxygen atoms in total. The van der Waals surface area contributed by atoms with E-state index in [1.54, 1.807) is 7.11 Å². The molecule has 0 aliphatic heterocycles. The molecule has 114 valence electrons. The van der Waals surface area contributed by atoms with Crippen molar-refractivity contribution in [3.8, 4) is 5.75 Å². The third-order valence-corrected chi connectivity index (χ3v) is 5.28. The average Bonchev–Trinajstić information content (AvgIpc) is 2.83. The van der Waals surface area contributed by atoms with Gasteiger partial charge in [-0.2, -0.15) is 0 Å². The molecule has 1 saturated carbocycles. The molecule has 21 heavy (non-hydrogen) atoms. The molecule has 0 atom stereocenters. The smallest absolute Gasteiger partial charge is 0.135 e. The van der Waals surface area contributed by atoms with Crippen LogP contribution in [0.2, 0.25) is 0 Å². The highest BCUT2D eigenvalue weighted by Crippen LogP contribution is 2.37. The van der Waals surface area contributed by atoms with Gasteiger partial charge in [0.15, 0.2) is 0 Å². The van der Waals surface area contributed by atoms with Crippen LogP contribution in [0.25, 0.3) is 11.0 Å². The molecule has 1 aromatic carbocycles. The number of hydrogen-bond acceptors (Lipinski definition) is 3. The van der Waals surface area contributed by atoms with Crippen molar-refractivity contribution in [2.75, 3.05) is 13.7 Å². The predicted octanol–water partition coefficient (Wildman–Crippen LogP) is 3.61. The zero-order valence-corrected chi connectivity index (χ0v) is 14.1. The second-order valence-corrected chi connectivity index (χ2v) is 6.76. The molecule has 3 rings (SSSR count). The molecule has 0 radical (unpaired) electrons. The van der Waals surface area contributed by atoms with Gasteiger partial charge in [-0.1, -0.05) is 0 Å². The van der Waals surface area contributed by atoms with E-state index in [-0.39, 0.29) is 0 Å². The van der Waals surface area contributed by atoms with Crippen molar-refractivity contribution in [3.05, 3.63) is 22.4 Å². The minimum absolute atomic E-state index is 0.319. The van der Waals surface area contributed by atoms with E-state index < -0.39 is 0 Å². The van der Waals surface area contributed by atoms with Crippen LogP contribution in [0.1, 0.15) is 37.4 Å². The lowest BCUT2D eigenvalue weighted by atomic mass is 9.82. The molecule has 1 aromatic heterocycles. The van der Waals surface area contributed by atoms with Gasteiger partial charge in [-0.05, 0) is 53.6 Å². The number of aliphatic hydroxyl groups excluding tert-OH is 1. The number of rotatable bonds is 3. The standard InChI is InChI=1S/C16H21BrN2O2/c1-19-14-7-12(17)15(21-2)8-13(14)18-16(19)11-5-3-10(9-20)4-6-11/h7-8,10-11,20H,3-6,9H2,1-2H3/t10-,11-. The van der Waals surface area contributed by atoms with Crippen LogP contribution in [0.5, 0.6) is 5.75 Å². The second-order valence-electron chi connectivity index (χ2n) is 5.90. The van der Waals surface area contributed by atoms with Gasteiger partial charge in [0, 0.05) is 25.6 Å². The summed E-state index contributed by atoms with van der Waals surface area (Å²) in [5.74, 6) is 2.94. The molecule has 5 heteroatoms. The van der Waals surface area contributed by atoms with E-state index in [0.717, 1.165) is 52.8 Å². The Labute approximate surface area is 133 Å². The van der Waals surface area contributed by atoms with Crippen LogP contribution in [0.3, 0.4) is 0 Å². The van der Waals surface area contributed by atoms with Crippen molar-refractivity contribution >= 4 is 27.0 Å². The van der Waals surface area contributed by atoms with Crippen LogP contribution in [0.15, 0.2) is 16.6 Å². The van der Waals surface area contributed by atoms with E-state index in [1.165, 1.54) is 0 Å². The van der Waals surface area contributed by atoms with Gasteiger partial charge in [-0.3, -0.25) is 0 Å². The van der Waals surface area contributed by atoms with Crippen molar-refractivity contribution in [1.29, 1.82) is 0 Å². The Kier molecular flexibility index (Phi) is 4.22. The molecule has 0 saturated heterocycles. The molecule has 2 aromatic rings. The van der Waals surface area contributed by atoms with Gasteiger partial charge < -0.3 is 14.4 Å². The lowest BCUT2D eigenvalue weighted by Crippen LogP contribution is -2.18. The summed E-state index contributed by atoms with van der Waals surface area (Å²) in [7, 11) is 3.76. The minimum atomic E-state index is 0.319. The maximum absolute atomic E-state index is 9.27. The Balaban J connectivity index is 1.95. The topological polar surface area (TPSA) is 47.3 Å². The number of aromatic nitrogens is 2. The summed E-state index contributed by atoms with van der Waals surface area (Å²) in [5.41, 5.74) is 2.11. The van der Waals surface area contributed by atoms with Crippen molar-refractivity contribution in [3.63, 3.8) is 0 Å². The van der Waals surface area contributed by atoms with Gasteiger partial charge in [0.05, 0.1) is 22.6 Å². The maximum Gasteiger partial charge on any atom is 0.135 e. The van der Waals surface area contributed by atoms with Crippen LogP contribution >= 0.6 is 15.9 Å². The first-order valence-electron chi connectivity index (χ1n) is 7.44. The first kappa shape index (κ1) is 14.9. The fourth-order valence-corrected chi connectivity index (χ4v) is 3.83. The average molecular weight is 353 g/mol. The van der Waals surface area contributed by atoms with E-state index >= 15 is 0 Å². The number of benzene rings is 1. The van der Waals surface area contributed by atoms with E-state index in [2.05, 4.69) is 33.6 Å². The monoisotopic (exact) mass is 352 g/mol. The fraction of sp³-hybridized carbons (Fsp3) is 0.562. The highest BCUT2D eigenvalue weighted by Gasteiger charge is 2.25. The van der Waals surface area contributed by atoms with Gasteiger partial charge in [0.2, 0.25) is 0 Å². The number of fused-ring (bicyclic) bond motifs is 1. The maximum atomic E-state index is 9.27. The molecule has 1 heterocycles. The summed E-state index contributed by atoms with van der Waals surface area (Å²) in [5, 5.41) is 9.27. The number of hydrogen-bond donors (Lipinski definition) is 1. The summed E-state index contributed by atoms with van der Waals surface area (Å²) in [4.78, 5) is 4.84. The van der Waals surface area contributed by atoms with Crippen molar-refractivity contribution in [1.82, 2.24) is 9.55 Å². The summed E-state index contributed by atoms with van der Waals surface area (Å²) < 4.78 is 8.50. The predicted molar refractivity (Wildman–Crippen MR) is 86.8 cm³/mol. The van der Waals surface area contributed by atoms with E-state index in [0.29, 0.717) is 18.4 Å². The van der Waals surface area contributed by atoms with Crippen LogP contribution in [0, 0.1) is 5.92 Å². The molecule has 1 aliphatic carbocycles. The third kappa shape index (κ3) is 2.69. The van der Waals surface area contributed by atoms with Gasteiger partial charge in [-0.25, -0.2) is 4.98 Å².